The predicted octanol–water partition coefficient (Wildman–Crippen LogP) is 3.97. The molecule has 0 saturated heterocycles. The number of esters is 1. The van der Waals surface area contributed by atoms with Crippen LogP contribution in [0.3, 0.4) is 0 Å². The van der Waals surface area contributed by atoms with Gasteiger partial charge in [-0.1, -0.05) is 36.4 Å². The van der Waals surface area contributed by atoms with E-state index in [1.807, 2.05) is 29.7 Å². The van der Waals surface area contributed by atoms with Crippen molar-refractivity contribution < 1.29 is 29.0 Å². The quantitative estimate of drug-likeness (QED) is 0.151. The van der Waals surface area contributed by atoms with Crippen LogP contribution in [0.2, 0.25) is 0 Å². The molecule has 5 rings (SSSR count). The van der Waals surface area contributed by atoms with E-state index in [1.54, 1.807) is 44.2 Å². The second kappa shape index (κ2) is 9.34. The Morgan fingerprint density at radius 2 is 1.86 bits per heavy atom. The van der Waals surface area contributed by atoms with Crippen LogP contribution in [0.4, 0.5) is 5.82 Å². The van der Waals surface area contributed by atoms with Crippen LogP contribution in [0.15, 0.2) is 54.6 Å². The van der Waals surface area contributed by atoms with Crippen LogP contribution in [0, 0.1) is 0 Å². The Labute approximate surface area is 213 Å². The van der Waals surface area contributed by atoms with Crippen molar-refractivity contribution in [2.45, 2.75) is 39.5 Å². The molecule has 0 spiro atoms. The molecule has 0 bridgehead atoms. The number of fused-ring (bicyclic) bond motifs is 4. The van der Waals surface area contributed by atoms with Gasteiger partial charge in [0, 0.05) is 12.0 Å². The summed E-state index contributed by atoms with van der Waals surface area (Å²) in [5.41, 5.74) is 7.07. The molecule has 190 valence electrons. The number of aliphatic hydroxyl groups is 1. The summed E-state index contributed by atoms with van der Waals surface area (Å²) in [6.45, 7) is 6.43. The van der Waals surface area contributed by atoms with Gasteiger partial charge in [0.1, 0.15) is 30.0 Å². The molecule has 0 saturated carbocycles. The Hall–Kier alpha value is -4.21. The van der Waals surface area contributed by atoms with Gasteiger partial charge in [-0.15, -0.1) is 0 Å². The highest BCUT2D eigenvalue weighted by molar-refractivity contribution is 6.08. The topological polar surface area (TPSA) is 135 Å². The van der Waals surface area contributed by atoms with Crippen molar-refractivity contribution in [1.29, 1.82) is 0 Å². The van der Waals surface area contributed by atoms with Crippen molar-refractivity contribution in [1.82, 2.24) is 9.97 Å². The van der Waals surface area contributed by atoms with Crippen molar-refractivity contribution in [2.75, 3.05) is 12.3 Å². The number of para-hydroxylation sites is 1. The standard InChI is InChI=1S/C28H28N4O5/c1-4-36-14-21-30-23-24(32(21)15-28(2,3)35)18-10-7-11-20(22(18)31-26(23)29)37-27(34)19-13-12-16-8-5-6-9-17(16)25(19)33/h5-13,35H,4,14-15H2,1-3H3,(H3,29,31,33,34)/p+1. The molecule has 0 amide bonds. The second-order valence-electron chi connectivity index (χ2n) is 9.55. The van der Waals surface area contributed by atoms with Gasteiger partial charge in [0.05, 0.1) is 11.0 Å². The number of H-pyrrole nitrogens is 1. The zero-order valence-electron chi connectivity index (χ0n) is 20.9. The molecular weight excluding hydrogens is 472 g/mol. The maximum absolute atomic E-state index is 13.1. The largest absolute Gasteiger partial charge is 0.506 e. The van der Waals surface area contributed by atoms with E-state index in [0.29, 0.717) is 33.9 Å². The van der Waals surface area contributed by atoms with Crippen LogP contribution in [0.5, 0.6) is 11.5 Å². The van der Waals surface area contributed by atoms with E-state index in [9.17, 15) is 15.0 Å². The number of phenols is 1. The van der Waals surface area contributed by atoms with Crippen LogP contribution in [-0.2, 0) is 17.9 Å². The number of nitrogen functional groups attached to an aromatic ring is 1. The third-order valence-corrected chi connectivity index (χ3v) is 6.16. The maximum Gasteiger partial charge on any atom is 0.347 e. The minimum absolute atomic E-state index is 0.0440. The number of ether oxygens (including phenoxy) is 2. The molecule has 3 aromatic carbocycles. The van der Waals surface area contributed by atoms with Gasteiger partial charge in [-0.3, -0.25) is 0 Å². The van der Waals surface area contributed by atoms with Gasteiger partial charge in [0.25, 0.3) is 5.82 Å². The summed E-state index contributed by atoms with van der Waals surface area (Å²) < 4.78 is 13.3. The number of anilines is 1. The fourth-order valence-corrected chi connectivity index (χ4v) is 4.54. The molecule has 2 heterocycles. The van der Waals surface area contributed by atoms with Crippen molar-refractivity contribution in [3.63, 3.8) is 0 Å². The highest BCUT2D eigenvalue weighted by Gasteiger charge is 2.29. The van der Waals surface area contributed by atoms with E-state index < -0.39 is 11.6 Å². The van der Waals surface area contributed by atoms with E-state index in [1.165, 1.54) is 6.07 Å². The predicted molar refractivity (Wildman–Crippen MR) is 140 cm³/mol. The third kappa shape index (κ3) is 4.54. The lowest BCUT2D eigenvalue weighted by atomic mass is 10.1. The van der Waals surface area contributed by atoms with Gasteiger partial charge in [0.2, 0.25) is 5.52 Å². The number of aromatic nitrogens is 3. The second-order valence-corrected chi connectivity index (χ2v) is 9.55. The highest BCUT2D eigenvalue weighted by atomic mass is 16.5. The zero-order chi connectivity index (χ0) is 26.3. The Morgan fingerprint density at radius 1 is 1.11 bits per heavy atom. The van der Waals surface area contributed by atoms with E-state index in [0.717, 1.165) is 11.2 Å². The molecule has 0 fully saturated rings. The molecule has 2 aromatic heterocycles. The van der Waals surface area contributed by atoms with Crippen molar-refractivity contribution in [3.05, 3.63) is 66.0 Å². The molecule has 0 aliphatic rings. The van der Waals surface area contributed by atoms with E-state index >= 15 is 0 Å². The minimum Gasteiger partial charge on any atom is -0.506 e. The number of hydrogen-bond donors (Lipinski definition) is 4. The number of pyridine rings is 1. The Morgan fingerprint density at radius 3 is 2.62 bits per heavy atom. The van der Waals surface area contributed by atoms with Crippen molar-refractivity contribution in [2.24, 2.45) is 0 Å². The summed E-state index contributed by atoms with van der Waals surface area (Å²) in [5, 5.41) is 23.4. The van der Waals surface area contributed by atoms with Gasteiger partial charge < -0.3 is 25.4 Å². The highest BCUT2D eigenvalue weighted by Crippen LogP contribution is 2.34. The number of aromatic hydroxyl groups is 1. The van der Waals surface area contributed by atoms with Gasteiger partial charge in [-0.25, -0.2) is 19.3 Å². The molecular formula is C28H29N4O5+. The van der Waals surface area contributed by atoms with Crippen LogP contribution in [-0.4, -0.2) is 38.4 Å². The lowest BCUT2D eigenvalue weighted by Gasteiger charge is -2.16. The molecule has 9 heteroatoms. The molecule has 0 radical (unpaired) electrons. The number of carbonyl (C=O) groups excluding carboxylic acids is 1. The summed E-state index contributed by atoms with van der Waals surface area (Å²) in [4.78, 5) is 21.0. The first-order chi connectivity index (χ1) is 17.7. The number of imidazole rings is 1. The molecule has 37 heavy (non-hydrogen) atoms. The van der Waals surface area contributed by atoms with Crippen molar-refractivity contribution in [3.8, 4) is 11.5 Å². The average Bonchev–Trinajstić information content (AvgIpc) is 3.21. The summed E-state index contributed by atoms with van der Waals surface area (Å²) >= 11 is 0. The SMILES string of the molecule is CCOCc1[nH]c2c(N)nc3c(OC(=O)c4ccc5ccccc5c4O)cccc3c2[n+]1CC(C)(C)O. The summed E-state index contributed by atoms with van der Waals surface area (Å²) in [6, 6.07) is 15.8. The van der Waals surface area contributed by atoms with E-state index in [4.69, 9.17) is 15.2 Å². The van der Waals surface area contributed by atoms with E-state index in [2.05, 4.69) is 9.97 Å². The summed E-state index contributed by atoms with van der Waals surface area (Å²) in [6.07, 6.45) is 0. The van der Waals surface area contributed by atoms with Gasteiger partial charge in [0.15, 0.2) is 17.1 Å². The normalized spacial score (nSPS) is 12.0. The molecule has 0 atom stereocenters. The van der Waals surface area contributed by atoms with Gasteiger partial charge >= 0.3 is 5.97 Å². The fourth-order valence-electron chi connectivity index (χ4n) is 4.54. The minimum atomic E-state index is -1.03. The van der Waals surface area contributed by atoms with Gasteiger partial charge in [-0.2, -0.15) is 0 Å². The lowest BCUT2D eigenvalue weighted by molar-refractivity contribution is -0.692. The molecule has 5 aromatic rings. The number of phenolic OH excluding ortho intramolecular Hbond substituents is 1. The first kappa shape index (κ1) is 24.5. The molecule has 0 aliphatic heterocycles. The van der Waals surface area contributed by atoms with Crippen LogP contribution < -0.4 is 15.0 Å². The van der Waals surface area contributed by atoms with Gasteiger partial charge in [-0.05, 0) is 44.4 Å². The average molecular weight is 502 g/mol. The maximum atomic E-state index is 13.1. The van der Waals surface area contributed by atoms with Crippen LogP contribution in [0.25, 0.3) is 32.7 Å². The number of nitrogens with two attached hydrogens (primary N) is 1. The number of carbonyl (C=O) groups is 1. The lowest BCUT2D eigenvalue weighted by Crippen LogP contribution is -2.47. The first-order valence-corrected chi connectivity index (χ1v) is 12.0. The fraction of sp³-hybridized carbons (Fsp3) is 0.250. The van der Waals surface area contributed by atoms with Crippen LogP contribution in [0.1, 0.15) is 37.0 Å². The summed E-state index contributed by atoms with van der Waals surface area (Å²) in [7, 11) is 0. The number of rotatable bonds is 7. The molecule has 0 unspecified atom stereocenters. The summed E-state index contributed by atoms with van der Waals surface area (Å²) in [5.74, 6) is 0.278. The number of hydrogen-bond acceptors (Lipinski definition) is 7. The number of nitrogens with one attached hydrogen (secondary N) is 1. The Balaban J connectivity index is 1.64. The van der Waals surface area contributed by atoms with E-state index in [-0.39, 0.29) is 36.0 Å². The number of benzene rings is 3. The number of nitrogens with zero attached hydrogens (tertiary/aromatic N) is 2. The Bertz CT molecular complexity index is 1650. The number of aromatic amines is 1. The third-order valence-electron chi connectivity index (χ3n) is 6.16. The van der Waals surface area contributed by atoms with Crippen LogP contribution >= 0.6 is 0 Å². The zero-order valence-corrected chi connectivity index (χ0v) is 20.9. The molecule has 0 aliphatic carbocycles. The smallest absolute Gasteiger partial charge is 0.347 e. The Kier molecular flexibility index (Phi) is 6.18. The molecule has 9 nitrogen and oxygen atoms in total. The molecule has 5 N–H and O–H groups in total. The monoisotopic (exact) mass is 501 g/mol. The first-order valence-electron chi connectivity index (χ1n) is 12.0. The van der Waals surface area contributed by atoms with Crippen molar-refractivity contribution >= 4 is 44.5 Å².